The Kier molecular flexibility index (Phi) is 5.84. The van der Waals surface area contributed by atoms with Crippen molar-refractivity contribution in [3.05, 3.63) is 54.6 Å². The number of hydrogen-bond donors (Lipinski definition) is 3. The van der Waals surface area contributed by atoms with Crippen molar-refractivity contribution in [2.24, 2.45) is 5.92 Å². The van der Waals surface area contributed by atoms with Gasteiger partial charge in [0.15, 0.2) is 0 Å². The highest BCUT2D eigenvalue weighted by atomic mass is 16.5. The zero-order valence-electron chi connectivity index (χ0n) is 16.4. The number of benzene rings is 2. The largest absolute Gasteiger partial charge is 0.398 e. The van der Waals surface area contributed by atoms with Crippen LogP contribution in [-0.4, -0.2) is 39.4 Å². The van der Waals surface area contributed by atoms with Gasteiger partial charge in [0, 0.05) is 41.4 Å². The van der Waals surface area contributed by atoms with E-state index in [1.807, 2.05) is 6.07 Å². The molecule has 0 aliphatic carbocycles. The fourth-order valence-corrected chi connectivity index (χ4v) is 4.09. The van der Waals surface area contributed by atoms with Gasteiger partial charge in [-0.3, -0.25) is 0 Å². The van der Waals surface area contributed by atoms with Crippen LogP contribution >= 0.6 is 0 Å². The molecule has 5 nitrogen and oxygen atoms in total. The predicted molar refractivity (Wildman–Crippen MR) is 118 cm³/mol. The van der Waals surface area contributed by atoms with Crippen LogP contribution in [0.5, 0.6) is 0 Å². The number of allylic oxidation sites excluding steroid dienone is 1. The third-order valence-electron chi connectivity index (χ3n) is 5.74. The van der Waals surface area contributed by atoms with E-state index in [2.05, 4.69) is 58.5 Å². The minimum absolute atomic E-state index is 0.521. The van der Waals surface area contributed by atoms with E-state index in [9.17, 15) is 0 Å². The maximum absolute atomic E-state index is 6.39. The quantitative estimate of drug-likeness (QED) is 0.690. The summed E-state index contributed by atoms with van der Waals surface area (Å²) in [4.78, 5) is 2.36. The lowest BCUT2D eigenvalue weighted by atomic mass is 9.86. The maximum atomic E-state index is 6.39. The van der Waals surface area contributed by atoms with Gasteiger partial charge in [-0.05, 0) is 67.8 Å². The fraction of sp³-hybridized carbons (Fsp3) is 0.391. The van der Waals surface area contributed by atoms with Gasteiger partial charge in [0.25, 0.3) is 0 Å². The summed E-state index contributed by atoms with van der Waals surface area (Å²) in [5, 5.41) is 6.90. The van der Waals surface area contributed by atoms with E-state index in [0.717, 1.165) is 74.9 Å². The third kappa shape index (κ3) is 4.32. The molecule has 0 amide bonds. The Labute approximate surface area is 167 Å². The van der Waals surface area contributed by atoms with Crippen LogP contribution in [0.1, 0.15) is 18.4 Å². The number of nitrogen functional groups attached to an aromatic ring is 1. The molecule has 2 saturated heterocycles. The van der Waals surface area contributed by atoms with Crippen molar-refractivity contribution in [3.63, 3.8) is 0 Å². The number of ether oxygens (including phenoxy) is 1. The lowest BCUT2D eigenvalue weighted by Gasteiger charge is -2.29. The summed E-state index contributed by atoms with van der Waals surface area (Å²) in [5.41, 5.74) is 12.7. The molecule has 0 radical (unpaired) electrons. The zero-order chi connectivity index (χ0) is 19.3. The summed E-state index contributed by atoms with van der Waals surface area (Å²) < 4.78 is 5.45. The van der Waals surface area contributed by atoms with Crippen molar-refractivity contribution in [1.29, 1.82) is 0 Å². The number of hydrogen-bond acceptors (Lipinski definition) is 5. The van der Waals surface area contributed by atoms with Crippen molar-refractivity contribution in [2.45, 2.75) is 12.8 Å². The molecule has 4 N–H and O–H groups in total. The molecule has 2 aromatic carbocycles. The van der Waals surface area contributed by atoms with Gasteiger partial charge in [-0.15, -0.1) is 0 Å². The second-order valence-corrected chi connectivity index (χ2v) is 7.63. The first kappa shape index (κ1) is 18.8. The minimum atomic E-state index is 0.521. The minimum Gasteiger partial charge on any atom is -0.398 e. The summed E-state index contributed by atoms with van der Waals surface area (Å²) in [6, 6.07) is 14.7. The molecule has 0 saturated carbocycles. The van der Waals surface area contributed by atoms with E-state index in [-0.39, 0.29) is 0 Å². The highest BCUT2D eigenvalue weighted by Crippen LogP contribution is 2.34. The Hall–Kier alpha value is -2.50. The molecule has 2 aliphatic heterocycles. The molecule has 28 heavy (non-hydrogen) atoms. The fourth-order valence-electron chi connectivity index (χ4n) is 4.09. The lowest BCUT2D eigenvalue weighted by Crippen LogP contribution is -2.36. The standard InChI is InChI=1S/C23H30N4O/c1-17(18-7-9-25-10-8-18)22-6-5-20(16-23(22)24)26-19-3-2-4-21(15-19)27-11-13-28-14-12-27/h2-6,15-16,18,25-26H,1,7-14,24H2. The Morgan fingerprint density at radius 3 is 2.57 bits per heavy atom. The molecule has 2 fully saturated rings. The molecule has 5 heteroatoms. The highest BCUT2D eigenvalue weighted by molar-refractivity contribution is 5.79. The van der Waals surface area contributed by atoms with Crippen molar-refractivity contribution >= 4 is 28.3 Å². The monoisotopic (exact) mass is 378 g/mol. The SMILES string of the molecule is C=C(c1ccc(Nc2cccc(N3CCOCC3)c2)cc1N)C1CCNCC1. The highest BCUT2D eigenvalue weighted by Gasteiger charge is 2.19. The summed E-state index contributed by atoms with van der Waals surface area (Å²) in [7, 11) is 0. The van der Waals surface area contributed by atoms with E-state index in [1.165, 1.54) is 11.3 Å². The molecule has 2 aliphatic rings. The van der Waals surface area contributed by atoms with Crippen molar-refractivity contribution in [1.82, 2.24) is 5.32 Å². The van der Waals surface area contributed by atoms with Crippen LogP contribution in [0.3, 0.4) is 0 Å². The molecule has 148 valence electrons. The first-order valence-corrected chi connectivity index (χ1v) is 10.2. The van der Waals surface area contributed by atoms with E-state index < -0.39 is 0 Å². The zero-order valence-corrected chi connectivity index (χ0v) is 16.4. The Morgan fingerprint density at radius 1 is 1.07 bits per heavy atom. The lowest BCUT2D eigenvalue weighted by molar-refractivity contribution is 0.122. The summed E-state index contributed by atoms with van der Waals surface area (Å²) in [5.74, 6) is 0.521. The molecular formula is C23H30N4O. The van der Waals surface area contributed by atoms with Crippen LogP contribution in [-0.2, 0) is 4.74 Å². The van der Waals surface area contributed by atoms with E-state index in [1.54, 1.807) is 0 Å². The van der Waals surface area contributed by atoms with Gasteiger partial charge in [-0.25, -0.2) is 0 Å². The molecule has 4 rings (SSSR count). The third-order valence-corrected chi connectivity index (χ3v) is 5.74. The molecule has 0 aromatic heterocycles. The second kappa shape index (κ2) is 8.67. The topological polar surface area (TPSA) is 62.5 Å². The predicted octanol–water partition coefficient (Wildman–Crippen LogP) is 3.86. The number of nitrogens with two attached hydrogens (primary N) is 1. The molecule has 2 heterocycles. The van der Waals surface area contributed by atoms with Crippen molar-refractivity contribution < 1.29 is 4.74 Å². The first-order chi connectivity index (χ1) is 13.7. The number of piperidine rings is 1. The number of anilines is 4. The number of nitrogens with one attached hydrogen (secondary N) is 2. The first-order valence-electron chi connectivity index (χ1n) is 10.2. The normalized spacial score (nSPS) is 18.1. The average Bonchev–Trinajstić information content (AvgIpc) is 2.75. The van der Waals surface area contributed by atoms with Gasteiger partial charge in [0.05, 0.1) is 13.2 Å². The molecular weight excluding hydrogens is 348 g/mol. The molecule has 0 spiro atoms. The average molecular weight is 379 g/mol. The van der Waals surface area contributed by atoms with Crippen LogP contribution in [0.4, 0.5) is 22.7 Å². The summed E-state index contributed by atoms with van der Waals surface area (Å²) in [6.07, 6.45) is 2.26. The van der Waals surface area contributed by atoms with E-state index >= 15 is 0 Å². The van der Waals surface area contributed by atoms with Gasteiger partial charge >= 0.3 is 0 Å². The van der Waals surface area contributed by atoms with Gasteiger partial charge in [-0.1, -0.05) is 18.7 Å². The van der Waals surface area contributed by atoms with Gasteiger partial charge in [-0.2, -0.15) is 0 Å². The summed E-state index contributed by atoms with van der Waals surface area (Å²) in [6.45, 7) is 9.90. The molecule has 0 bridgehead atoms. The van der Waals surface area contributed by atoms with Crippen molar-refractivity contribution in [2.75, 3.05) is 55.3 Å². The second-order valence-electron chi connectivity index (χ2n) is 7.63. The van der Waals surface area contributed by atoms with Crippen LogP contribution in [0, 0.1) is 5.92 Å². The molecule has 0 unspecified atom stereocenters. The van der Waals surface area contributed by atoms with Crippen LogP contribution in [0.25, 0.3) is 5.57 Å². The van der Waals surface area contributed by atoms with Gasteiger partial charge in [0.2, 0.25) is 0 Å². The molecule has 2 aromatic rings. The van der Waals surface area contributed by atoms with E-state index in [4.69, 9.17) is 10.5 Å². The van der Waals surface area contributed by atoms with Crippen LogP contribution in [0.15, 0.2) is 49.0 Å². The molecule has 0 atom stereocenters. The van der Waals surface area contributed by atoms with Gasteiger partial charge in [0.1, 0.15) is 0 Å². The van der Waals surface area contributed by atoms with E-state index in [0.29, 0.717) is 5.92 Å². The Morgan fingerprint density at radius 2 is 1.82 bits per heavy atom. The Balaban J connectivity index is 1.46. The van der Waals surface area contributed by atoms with Gasteiger partial charge < -0.3 is 26.0 Å². The Bertz CT molecular complexity index is 823. The smallest absolute Gasteiger partial charge is 0.0642 e. The number of morpholine rings is 1. The number of rotatable bonds is 5. The van der Waals surface area contributed by atoms with Crippen LogP contribution < -0.4 is 21.3 Å². The van der Waals surface area contributed by atoms with Crippen LogP contribution in [0.2, 0.25) is 0 Å². The van der Waals surface area contributed by atoms with Crippen molar-refractivity contribution in [3.8, 4) is 0 Å². The maximum Gasteiger partial charge on any atom is 0.0642 e. The number of nitrogens with zero attached hydrogens (tertiary/aromatic N) is 1. The summed E-state index contributed by atoms with van der Waals surface area (Å²) >= 11 is 0.